The molecule has 0 bridgehead atoms. The number of nitro benzene ring substituents is 1. The van der Waals surface area contributed by atoms with Gasteiger partial charge < -0.3 is 10.4 Å². The number of rotatable bonds is 6. The van der Waals surface area contributed by atoms with Crippen LogP contribution in [0.1, 0.15) is 21.3 Å². The largest absolute Gasteiger partial charge is 0.479 e. The number of alkyl halides is 2. The smallest absolute Gasteiger partial charge is 0.347 e. The normalized spacial score (nSPS) is 14.2. The molecule has 0 unspecified atom stereocenters. The van der Waals surface area contributed by atoms with Gasteiger partial charge in [-0.05, 0) is 17.7 Å². The lowest BCUT2D eigenvalue weighted by atomic mass is 10.0. The van der Waals surface area contributed by atoms with Crippen LogP contribution in [0.25, 0.3) is 0 Å². The van der Waals surface area contributed by atoms with Gasteiger partial charge in [-0.15, -0.1) is 11.6 Å². The molecule has 0 spiro atoms. The first-order valence-corrected chi connectivity index (χ1v) is 7.75. The highest BCUT2D eigenvalue weighted by Crippen LogP contribution is 2.36. The molecule has 0 aliphatic carbocycles. The van der Waals surface area contributed by atoms with Gasteiger partial charge in [-0.2, -0.15) is 0 Å². The molecule has 0 fully saturated rings. The van der Waals surface area contributed by atoms with Crippen LogP contribution in [0.2, 0.25) is 0 Å². The second-order valence-corrected chi connectivity index (χ2v) is 6.08. The number of halogens is 2. The Labute approximate surface area is 152 Å². The van der Waals surface area contributed by atoms with Crippen molar-refractivity contribution in [3.63, 3.8) is 0 Å². The summed E-state index contributed by atoms with van der Waals surface area (Å²) in [5.41, 5.74) is 0.214. The second kappa shape index (κ2) is 7.50. The van der Waals surface area contributed by atoms with Gasteiger partial charge in [0.25, 0.3) is 11.6 Å². The molecule has 0 saturated carbocycles. The molecule has 130 valence electrons. The van der Waals surface area contributed by atoms with Gasteiger partial charge >= 0.3 is 5.97 Å². The van der Waals surface area contributed by atoms with E-state index in [4.69, 9.17) is 23.2 Å². The molecule has 1 amide bonds. The van der Waals surface area contributed by atoms with E-state index in [2.05, 4.69) is 5.32 Å². The maximum atomic E-state index is 12.3. The summed E-state index contributed by atoms with van der Waals surface area (Å²) in [6, 6.07) is 12.8. The van der Waals surface area contributed by atoms with E-state index in [1.165, 1.54) is 12.1 Å². The van der Waals surface area contributed by atoms with E-state index in [1.54, 1.807) is 30.3 Å². The number of carboxylic acids is 1. The number of carbonyl (C=O) groups is 2. The number of nitrogens with zero attached hydrogens (tertiary/aromatic N) is 1. The number of hydrogen-bond donors (Lipinski definition) is 2. The number of amides is 1. The first kappa shape index (κ1) is 18.7. The van der Waals surface area contributed by atoms with Crippen molar-refractivity contribution < 1.29 is 19.6 Å². The number of hydrogen-bond acceptors (Lipinski definition) is 4. The average Bonchev–Trinajstić information content (AvgIpc) is 2.61. The Morgan fingerprint density at radius 1 is 1.12 bits per heavy atom. The van der Waals surface area contributed by atoms with Gasteiger partial charge in [0.1, 0.15) is 5.38 Å². The summed E-state index contributed by atoms with van der Waals surface area (Å²) in [7, 11) is 0. The van der Waals surface area contributed by atoms with E-state index in [-0.39, 0.29) is 11.3 Å². The predicted molar refractivity (Wildman–Crippen MR) is 91.8 cm³/mol. The summed E-state index contributed by atoms with van der Waals surface area (Å²) < 4.78 is 0. The fourth-order valence-corrected chi connectivity index (χ4v) is 2.55. The molecule has 2 aromatic rings. The van der Waals surface area contributed by atoms with Crippen molar-refractivity contribution >= 4 is 40.8 Å². The lowest BCUT2D eigenvalue weighted by molar-refractivity contribution is -0.384. The Hall–Kier alpha value is -2.64. The maximum absolute atomic E-state index is 12.3. The lowest BCUT2D eigenvalue weighted by Gasteiger charge is -2.28. The molecule has 2 N–H and O–H groups in total. The van der Waals surface area contributed by atoms with Crippen LogP contribution in [-0.4, -0.2) is 26.9 Å². The number of non-ortho nitro benzene ring substituents is 1. The summed E-state index contributed by atoms with van der Waals surface area (Å²) in [5, 5.41) is 21.0. The molecule has 9 heteroatoms. The molecule has 0 aromatic heterocycles. The van der Waals surface area contributed by atoms with Crippen LogP contribution in [0.3, 0.4) is 0 Å². The van der Waals surface area contributed by atoms with Gasteiger partial charge in [-0.3, -0.25) is 14.9 Å². The molecular weight excluding hydrogens is 371 g/mol. The zero-order valence-corrected chi connectivity index (χ0v) is 14.1. The van der Waals surface area contributed by atoms with Crippen LogP contribution in [0.15, 0.2) is 54.6 Å². The van der Waals surface area contributed by atoms with Gasteiger partial charge in [0.05, 0.1) is 4.92 Å². The maximum Gasteiger partial charge on any atom is 0.347 e. The minimum atomic E-state index is -2.30. The van der Waals surface area contributed by atoms with Crippen molar-refractivity contribution in [3.05, 3.63) is 75.8 Å². The van der Waals surface area contributed by atoms with Crippen molar-refractivity contribution in [1.29, 1.82) is 0 Å². The molecule has 0 heterocycles. The second-order valence-electron chi connectivity index (χ2n) is 5.05. The molecule has 0 radical (unpaired) electrons. The minimum absolute atomic E-state index is 0.00815. The number of aliphatic carboxylic acids is 1. The Morgan fingerprint density at radius 3 is 2.16 bits per heavy atom. The number of nitrogens with one attached hydrogen (secondary N) is 1. The van der Waals surface area contributed by atoms with Crippen molar-refractivity contribution in [2.45, 2.75) is 10.4 Å². The van der Waals surface area contributed by atoms with Crippen molar-refractivity contribution in [2.75, 3.05) is 0 Å². The number of carboxylic acid groups (broad SMARTS) is 1. The monoisotopic (exact) mass is 382 g/mol. The molecule has 0 saturated heterocycles. The van der Waals surface area contributed by atoms with Crippen LogP contribution < -0.4 is 5.32 Å². The number of carbonyl (C=O) groups excluding carboxylic acids is 1. The summed E-state index contributed by atoms with van der Waals surface area (Å²) in [6.45, 7) is 0. The molecule has 2 aromatic carbocycles. The quantitative estimate of drug-likeness (QED) is 0.344. The van der Waals surface area contributed by atoms with Crippen LogP contribution in [-0.2, 0) is 4.79 Å². The lowest BCUT2D eigenvalue weighted by Crippen LogP contribution is -2.53. The first-order valence-electron chi connectivity index (χ1n) is 6.94. The topological polar surface area (TPSA) is 110 Å². The molecule has 25 heavy (non-hydrogen) atoms. The van der Waals surface area contributed by atoms with Crippen LogP contribution in [0.4, 0.5) is 5.69 Å². The molecule has 2 atom stereocenters. The molecule has 0 aliphatic heterocycles. The van der Waals surface area contributed by atoms with Crippen LogP contribution >= 0.6 is 23.2 Å². The average molecular weight is 383 g/mol. The summed E-state index contributed by atoms with van der Waals surface area (Å²) in [4.78, 5) is 31.6. The molecule has 0 aliphatic rings. The third kappa shape index (κ3) is 4.07. The third-order valence-corrected chi connectivity index (χ3v) is 4.55. The Bertz CT molecular complexity index is 798. The van der Waals surface area contributed by atoms with E-state index >= 15 is 0 Å². The summed E-state index contributed by atoms with van der Waals surface area (Å²) >= 11 is 12.3. The van der Waals surface area contributed by atoms with Gasteiger partial charge in [0.2, 0.25) is 5.00 Å². The summed E-state index contributed by atoms with van der Waals surface area (Å²) in [6.07, 6.45) is 0. The highest BCUT2D eigenvalue weighted by Gasteiger charge is 2.46. The molecule has 2 rings (SSSR count). The van der Waals surface area contributed by atoms with Crippen LogP contribution in [0, 0.1) is 10.1 Å². The van der Waals surface area contributed by atoms with Crippen molar-refractivity contribution in [2.24, 2.45) is 0 Å². The SMILES string of the molecule is O=C(N[C@](Cl)(C(=O)O)[C@H](Cl)c1ccccc1)c1ccc([N+](=O)[O-])cc1. The van der Waals surface area contributed by atoms with E-state index in [1.807, 2.05) is 0 Å². The fourth-order valence-electron chi connectivity index (χ4n) is 2.05. The molecular formula is C16H12Cl2N2O5. The third-order valence-electron chi connectivity index (χ3n) is 3.39. The number of nitro groups is 1. The summed E-state index contributed by atoms with van der Waals surface area (Å²) in [5.74, 6) is -2.36. The standard InChI is InChI=1S/C16H12Cl2N2O5/c17-13(10-4-2-1-3-5-10)16(18,15(22)23)19-14(21)11-6-8-12(9-7-11)20(24)25/h1-9,13H,(H,19,21)(H,22,23)/t13-,16+/m1/s1. The van der Waals surface area contributed by atoms with Gasteiger partial charge in [-0.25, -0.2) is 4.79 Å². The van der Waals surface area contributed by atoms with E-state index in [0.717, 1.165) is 12.1 Å². The Balaban J connectivity index is 2.27. The Morgan fingerprint density at radius 2 is 1.68 bits per heavy atom. The Kier molecular flexibility index (Phi) is 5.61. The fraction of sp³-hybridized carbons (Fsp3) is 0.125. The van der Waals surface area contributed by atoms with E-state index in [9.17, 15) is 24.8 Å². The predicted octanol–water partition coefficient (Wildman–Crippen LogP) is 3.32. The van der Waals surface area contributed by atoms with Crippen LogP contribution in [0.5, 0.6) is 0 Å². The highest BCUT2D eigenvalue weighted by molar-refractivity contribution is 6.40. The zero-order valence-electron chi connectivity index (χ0n) is 12.6. The molecule has 7 nitrogen and oxygen atoms in total. The van der Waals surface area contributed by atoms with Crippen molar-refractivity contribution in [3.8, 4) is 0 Å². The van der Waals surface area contributed by atoms with Gasteiger partial charge in [0.15, 0.2) is 0 Å². The minimum Gasteiger partial charge on any atom is -0.479 e. The van der Waals surface area contributed by atoms with E-state index in [0.29, 0.717) is 5.56 Å². The van der Waals surface area contributed by atoms with Crippen molar-refractivity contribution in [1.82, 2.24) is 5.32 Å². The van der Waals surface area contributed by atoms with E-state index < -0.39 is 27.2 Å². The van der Waals surface area contributed by atoms with Gasteiger partial charge in [0, 0.05) is 17.7 Å². The highest BCUT2D eigenvalue weighted by atomic mass is 35.5. The zero-order chi connectivity index (χ0) is 18.6. The number of benzene rings is 2. The van der Waals surface area contributed by atoms with Gasteiger partial charge in [-0.1, -0.05) is 41.9 Å². The first-order chi connectivity index (χ1) is 11.8.